The first-order chi connectivity index (χ1) is 8.90. The van der Waals surface area contributed by atoms with Crippen molar-refractivity contribution in [1.29, 1.82) is 0 Å². The summed E-state index contributed by atoms with van der Waals surface area (Å²) in [6.07, 6.45) is 2.45. The van der Waals surface area contributed by atoms with Crippen LogP contribution in [0.5, 0.6) is 0 Å². The van der Waals surface area contributed by atoms with Gasteiger partial charge in [-0.3, -0.25) is 9.82 Å². The summed E-state index contributed by atoms with van der Waals surface area (Å²) in [6.45, 7) is 0. The number of hydrogen-bond acceptors (Lipinski definition) is 4. The summed E-state index contributed by atoms with van der Waals surface area (Å²) in [5.41, 5.74) is -0.214. The maximum absolute atomic E-state index is 13.5. The zero-order valence-electron chi connectivity index (χ0n) is 9.29. The van der Waals surface area contributed by atoms with Crippen molar-refractivity contribution in [3.05, 3.63) is 42.0 Å². The number of nitrogens with one attached hydrogen (secondary N) is 2. The molecule has 7 nitrogen and oxygen atoms in total. The van der Waals surface area contributed by atoms with Crippen molar-refractivity contribution in [2.75, 3.05) is 4.72 Å². The van der Waals surface area contributed by atoms with Crippen LogP contribution in [0.25, 0.3) is 0 Å². The fraction of sp³-hybridized carbons (Fsp3) is 0. The molecular weight excluding hydrogens is 277 g/mol. The summed E-state index contributed by atoms with van der Waals surface area (Å²) in [5.74, 6) is -2.39. The normalized spacial score (nSPS) is 11.2. The standard InChI is InChI=1S/C10H8FN3O4S/c11-8-2-1-6(10(15)16)3-9(8)19(17,18)14-7-4-12-13-5-7/h1-5,14H,(H,12,13)(H,15,16). The highest BCUT2D eigenvalue weighted by atomic mass is 32.2. The SMILES string of the molecule is O=C(O)c1ccc(F)c(S(=O)(=O)Nc2cn[nH]c2)c1. The lowest BCUT2D eigenvalue weighted by atomic mass is 10.2. The molecule has 0 fully saturated rings. The van der Waals surface area contributed by atoms with Crippen molar-refractivity contribution in [3.63, 3.8) is 0 Å². The van der Waals surface area contributed by atoms with Gasteiger partial charge in [-0.1, -0.05) is 0 Å². The molecule has 2 rings (SSSR count). The molecule has 0 unspecified atom stereocenters. The van der Waals surface area contributed by atoms with Crippen LogP contribution >= 0.6 is 0 Å². The zero-order chi connectivity index (χ0) is 14.0. The molecule has 9 heteroatoms. The number of hydrogen-bond donors (Lipinski definition) is 3. The van der Waals surface area contributed by atoms with Crippen LogP contribution in [0.1, 0.15) is 10.4 Å². The summed E-state index contributed by atoms with van der Waals surface area (Å²) in [6, 6.07) is 2.52. The number of rotatable bonds is 4. The summed E-state index contributed by atoms with van der Waals surface area (Å²) >= 11 is 0. The van der Waals surface area contributed by atoms with Crippen LogP contribution in [0, 0.1) is 5.82 Å². The van der Waals surface area contributed by atoms with E-state index in [0.29, 0.717) is 0 Å². The lowest BCUT2D eigenvalue weighted by Gasteiger charge is -2.07. The van der Waals surface area contributed by atoms with Gasteiger partial charge in [0.2, 0.25) is 0 Å². The molecule has 0 saturated heterocycles. The van der Waals surface area contributed by atoms with Gasteiger partial charge in [0.05, 0.1) is 17.4 Å². The highest BCUT2D eigenvalue weighted by Crippen LogP contribution is 2.19. The molecular formula is C10H8FN3O4S. The largest absolute Gasteiger partial charge is 0.478 e. The molecule has 19 heavy (non-hydrogen) atoms. The first kappa shape index (κ1) is 13.0. The van der Waals surface area contributed by atoms with E-state index in [1.165, 1.54) is 12.4 Å². The number of benzene rings is 1. The Hall–Kier alpha value is -2.42. The molecule has 1 aromatic carbocycles. The van der Waals surface area contributed by atoms with E-state index in [9.17, 15) is 17.6 Å². The molecule has 0 aliphatic heterocycles. The molecule has 0 radical (unpaired) electrons. The van der Waals surface area contributed by atoms with Crippen LogP contribution in [0.2, 0.25) is 0 Å². The number of sulfonamides is 1. The number of aromatic nitrogens is 2. The summed E-state index contributed by atoms with van der Waals surface area (Å²) < 4.78 is 39.4. The molecule has 0 aliphatic rings. The number of nitrogens with zero attached hydrogens (tertiary/aromatic N) is 1. The van der Waals surface area contributed by atoms with E-state index >= 15 is 0 Å². The van der Waals surface area contributed by atoms with Gasteiger partial charge in [0, 0.05) is 6.20 Å². The predicted octanol–water partition coefficient (Wildman–Crippen LogP) is 1.05. The lowest BCUT2D eigenvalue weighted by molar-refractivity contribution is 0.0696. The van der Waals surface area contributed by atoms with Gasteiger partial charge in [0.1, 0.15) is 10.7 Å². The Morgan fingerprint density at radius 3 is 2.74 bits per heavy atom. The lowest BCUT2D eigenvalue weighted by Crippen LogP contribution is -2.15. The van der Waals surface area contributed by atoms with Crippen LogP contribution in [0.3, 0.4) is 0 Å². The number of carboxylic acids is 1. The number of aromatic carboxylic acids is 1. The van der Waals surface area contributed by atoms with Gasteiger partial charge in [-0.2, -0.15) is 5.10 Å². The van der Waals surface area contributed by atoms with Crippen molar-refractivity contribution >= 4 is 21.7 Å². The van der Waals surface area contributed by atoms with Gasteiger partial charge in [-0.15, -0.1) is 0 Å². The van der Waals surface area contributed by atoms with E-state index in [1.54, 1.807) is 0 Å². The Bertz CT molecular complexity index is 712. The van der Waals surface area contributed by atoms with Crippen LogP contribution in [0.4, 0.5) is 10.1 Å². The van der Waals surface area contributed by atoms with Crippen molar-refractivity contribution in [2.24, 2.45) is 0 Å². The Morgan fingerprint density at radius 1 is 1.42 bits per heavy atom. The molecule has 0 atom stereocenters. The van der Waals surface area contributed by atoms with Gasteiger partial charge in [-0.05, 0) is 18.2 Å². The summed E-state index contributed by atoms with van der Waals surface area (Å²) in [4.78, 5) is 10.0. The van der Waals surface area contributed by atoms with E-state index in [2.05, 4.69) is 14.9 Å². The average molecular weight is 285 g/mol. The average Bonchev–Trinajstić information content (AvgIpc) is 2.81. The fourth-order valence-corrected chi connectivity index (χ4v) is 2.50. The van der Waals surface area contributed by atoms with Crippen molar-refractivity contribution in [2.45, 2.75) is 4.90 Å². The third kappa shape index (κ3) is 2.71. The van der Waals surface area contributed by atoms with Crippen LogP contribution < -0.4 is 4.72 Å². The van der Waals surface area contributed by atoms with Crippen LogP contribution in [-0.2, 0) is 10.0 Å². The maximum Gasteiger partial charge on any atom is 0.335 e. The van der Waals surface area contributed by atoms with E-state index < -0.39 is 26.7 Å². The van der Waals surface area contributed by atoms with E-state index in [-0.39, 0.29) is 11.3 Å². The second kappa shape index (κ2) is 4.69. The first-order valence-electron chi connectivity index (χ1n) is 4.94. The zero-order valence-corrected chi connectivity index (χ0v) is 10.1. The van der Waals surface area contributed by atoms with Gasteiger partial charge in [-0.25, -0.2) is 17.6 Å². The second-order valence-electron chi connectivity index (χ2n) is 3.54. The predicted molar refractivity (Wildman–Crippen MR) is 62.8 cm³/mol. The quantitative estimate of drug-likeness (QED) is 0.777. The fourth-order valence-electron chi connectivity index (χ4n) is 1.36. The Morgan fingerprint density at radius 2 is 2.16 bits per heavy atom. The second-order valence-corrected chi connectivity index (χ2v) is 5.19. The molecule has 1 aromatic heterocycles. The number of anilines is 1. The highest BCUT2D eigenvalue weighted by Gasteiger charge is 2.21. The van der Waals surface area contributed by atoms with E-state index in [4.69, 9.17) is 5.11 Å². The molecule has 1 heterocycles. The Balaban J connectivity index is 2.45. The van der Waals surface area contributed by atoms with Crippen LogP contribution in [-0.4, -0.2) is 29.7 Å². The minimum Gasteiger partial charge on any atom is -0.478 e. The highest BCUT2D eigenvalue weighted by molar-refractivity contribution is 7.92. The minimum absolute atomic E-state index is 0.111. The first-order valence-corrected chi connectivity index (χ1v) is 6.43. The Labute approximate surface area is 107 Å². The van der Waals surface area contributed by atoms with Gasteiger partial charge >= 0.3 is 5.97 Å². The third-order valence-corrected chi connectivity index (χ3v) is 3.61. The molecule has 0 spiro atoms. The van der Waals surface area contributed by atoms with Crippen LogP contribution in [0.15, 0.2) is 35.5 Å². The maximum atomic E-state index is 13.5. The number of aromatic amines is 1. The van der Waals surface area contributed by atoms with Gasteiger partial charge < -0.3 is 5.11 Å². The monoisotopic (exact) mass is 285 g/mol. The number of carbonyl (C=O) groups is 1. The molecule has 0 amide bonds. The smallest absolute Gasteiger partial charge is 0.335 e. The minimum atomic E-state index is -4.22. The van der Waals surface area contributed by atoms with Crippen molar-refractivity contribution in [3.8, 4) is 0 Å². The number of H-pyrrole nitrogens is 1. The number of carboxylic acid groups (broad SMARTS) is 1. The van der Waals surface area contributed by atoms with E-state index in [1.807, 2.05) is 0 Å². The molecule has 0 aliphatic carbocycles. The van der Waals surface area contributed by atoms with Crippen molar-refractivity contribution in [1.82, 2.24) is 10.2 Å². The topological polar surface area (TPSA) is 112 Å². The Kier molecular flexibility index (Phi) is 3.21. The summed E-state index contributed by atoms with van der Waals surface area (Å²) in [7, 11) is -4.22. The molecule has 0 bridgehead atoms. The molecule has 2 aromatic rings. The number of halogens is 1. The molecule has 100 valence electrons. The van der Waals surface area contributed by atoms with Crippen molar-refractivity contribution < 1.29 is 22.7 Å². The van der Waals surface area contributed by atoms with Gasteiger partial charge in [0.15, 0.2) is 0 Å². The third-order valence-electron chi connectivity index (χ3n) is 2.22. The summed E-state index contributed by atoms with van der Waals surface area (Å²) in [5, 5.41) is 14.7. The molecule has 3 N–H and O–H groups in total. The van der Waals surface area contributed by atoms with E-state index in [0.717, 1.165) is 18.2 Å². The van der Waals surface area contributed by atoms with Gasteiger partial charge in [0.25, 0.3) is 10.0 Å². The molecule has 0 saturated carbocycles.